The van der Waals surface area contributed by atoms with E-state index in [0.717, 1.165) is 47.4 Å². The second kappa shape index (κ2) is 4.29. The van der Waals surface area contributed by atoms with Crippen molar-refractivity contribution in [1.29, 1.82) is 0 Å². The lowest BCUT2D eigenvalue weighted by atomic mass is 10.3. The van der Waals surface area contributed by atoms with Crippen molar-refractivity contribution in [3.8, 4) is 0 Å². The van der Waals surface area contributed by atoms with Gasteiger partial charge in [0.05, 0.1) is 18.2 Å². The highest BCUT2D eigenvalue weighted by Gasteiger charge is 2.15. The maximum absolute atomic E-state index is 6.22. The Morgan fingerprint density at radius 2 is 2.14 bits per heavy atom. The molecule has 76 valence electrons. The highest BCUT2D eigenvalue weighted by atomic mass is 35.5. The van der Waals surface area contributed by atoms with Crippen LogP contribution in [0.15, 0.2) is 12.3 Å². The van der Waals surface area contributed by atoms with E-state index < -0.39 is 0 Å². The van der Waals surface area contributed by atoms with Crippen LogP contribution in [0.1, 0.15) is 0 Å². The fourth-order valence-electron chi connectivity index (χ4n) is 1.52. The summed E-state index contributed by atoms with van der Waals surface area (Å²) in [7, 11) is 0.965. The van der Waals surface area contributed by atoms with Crippen molar-refractivity contribution in [3.05, 3.63) is 17.3 Å². The van der Waals surface area contributed by atoms with E-state index in [4.69, 9.17) is 16.3 Å². The van der Waals surface area contributed by atoms with E-state index in [9.17, 15) is 0 Å². The summed E-state index contributed by atoms with van der Waals surface area (Å²) in [4.78, 5) is 6.51. The zero-order valence-electron chi connectivity index (χ0n) is 8.16. The second-order valence-corrected chi connectivity index (χ2v) is 4.82. The molecule has 3 nitrogen and oxygen atoms in total. The van der Waals surface area contributed by atoms with E-state index >= 15 is 0 Å². The molecule has 5 heteroatoms. The van der Waals surface area contributed by atoms with Crippen molar-refractivity contribution in [2.75, 3.05) is 31.2 Å². The van der Waals surface area contributed by atoms with Crippen LogP contribution in [0, 0.1) is 0 Å². The van der Waals surface area contributed by atoms with Crippen molar-refractivity contribution in [1.82, 2.24) is 4.98 Å². The Labute approximate surface area is 91.5 Å². The average molecular weight is 229 g/mol. The minimum atomic E-state index is 0.767. The van der Waals surface area contributed by atoms with Gasteiger partial charge in [-0.25, -0.2) is 4.98 Å². The number of rotatable bonds is 1. The fourth-order valence-corrected chi connectivity index (χ4v) is 2.13. The first-order valence-corrected chi connectivity index (χ1v) is 6.10. The van der Waals surface area contributed by atoms with Gasteiger partial charge in [-0.05, 0) is 11.3 Å². The standard InChI is InChI=1S/C9H13ClN2OSi/c10-8-7(14)1-2-11-9(8)12-3-5-13-6-4-12/h1-2H,3-6H2,14H3. The summed E-state index contributed by atoms with van der Waals surface area (Å²) in [6, 6.07) is 1.98. The topological polar surface area (TPSA) is 25.4 Å². The number of pyridine rings is 1. The van der Waals surface area contributed by atoms with Crippen LogP contribution < -0.4 is 10.1 Å². The molecule has 1 fully saturated rings. The summed E-state index contributed by atoms with van der Waals surface area (Å²) in [5.74, 6) is 0.919. The monoisotopic (exact) mass is 228 g/mol. The van der Waals surface area contributed by atoms with Crippen LogP contribution in [0.4, 0.5) is 5.82 Å². The van der Waals surface area contributed by atoms with Gasteiger partial charge in [0.15, 0.2) is 0 Å². The van der Waals surface area contributed by atoms with Crippen LogP contribution >= 0.6 is 11.6 Å². The molecular weight excluding hydrogens is 216 g/mol. The summed E-state index contributed by atoms with van der Waals surface area (Å²) in [5.41, 5.74) is 0. The SMILES string of the molecule is [SiH3]c1ccnc(N2CCOCC2)c1Cl. The zero-order chi connectivity index (χ0) is 9.97. The normalized spacial score (nSPS) is 17.4. The van der Waals surface area contributed by atoms with Gasteiger partial charge in [-0.1, -0.05) is 11.6 Å². The number of halogens is 1. The van der Waals surface area contributed by atoms with Gasteiger partial charge in [-0.15, -0.1) is 0 Å². The first-order chi connectivity index (χ1) is 6.79. The largest absolute Gasteiger partial charge is 0.378 e. The molecule has 2 rings (SSSR count). The Bertz CT molecular complexity index is 329. The third kappa shape index (κ3) is 1.92. The smallest absolute Gasteiger partial charge is 0.147 e. The number of hydrogen-bond donors (Lipinski definition) is 0. The maximum Gasteiger partial charge on any atom is 0.147 e. The lowest BCUT2D eigenvalue weighted by Crippen LogP contribution is -2.37. The molecule has 0 atom stereocenters. The Balaban J connectivity index is 2.26. The van der Waals surface area contributed by atoms with E-state index in [-0.39, 0.29) is 0 Å². The number of hydrogen-bond acceptors (Lipinski definition) is 3. The van der Waals surface area contributed by atoms with Gasteiger partial charge >= 0.3 is 0 Å². The molecule has 0 amide bonds. The van der Waals surface area contributed by atoms with E-state index in [1.165, 1.54) is 5.19 Å². The van der Waals surface area contributed by atoms with Crippen LogP contribution in [0.5, 0.6) is 0 Å². The quantitative estimate of drug-likeness (QED) is 0.610. The average Bonchev–Trinajstić information content (AvgIpc) is 2.23. The minimum Gasteiger partial charge on any atom is -0.378 e. The van der Waals surface area contributed by atoms with Crippen LogP contribution in [-0.4, -0.2) is 41.5 Å². The molecule has 0 radical (unpaired) electrons. The van der Waals surface area contributed by atoms with Gasteiger partial charge in [-0.2, -0.15) is 0 Å². The van der Waals surface area contributed by atoms with Crippen LogP contribution in [0.2, 0.25) is 5.02 Å². The molecule has 0 spiro atoms. The Hall–Kier alpha value is -0.583. The lowest BCUT2D eigenvalue weighted by Gasteiger charge is -2.28. The van der Waals surface area contributed by atoms with Crippen molar-refractivity contribution in [3.63, 3.8) is 0 Å². The molecule has 0 saturated carbocycles. The minimum absolute atomic E-state index is 0.767. The molecule has 1 saturated heterocycles. The highest BCUT2D eigenvalue weighted by molar-refractivity contribution is 6.46. The van der Waals surface area contributed by atoms with Crippen LogP contribution in [0.3, 0.4) is 0 Å². The molecule has 14 heavy (non-hydrogen) atoms. The predicted molar refractivity (Wildman–Crippen MR) is 61.9 cm³/mol. The highest BCUT2D eigenvalue weighted by Crippen LogP contribution is 2.20. The van der Waals surface area contributed by atoms with Gasteiger partial charge in [0.25, 0.3) is 0 Å². The van der Waals surface area contributed by atoms with Crippen molar-refractivity contribution in [2.45, 2.75) is 0 Å². The summed E-state index contributed by atoms with van der Waals surface area (Å²) >= 11 is 6.22. The first-order valence-electron chi connectivity index (χ1n) is 4.73. The summed E-state index contributed by atoms with van der Waals surface area (Å²) in [6.07, 6.45) is 1.83. The maximum atomic E-state index is 6.22. The number of anilines is 1. The zero-order valence-corrected chi connectivity index (χ0v) is 10.9. The Morgan fingerprint density at radius 3 is 2.86 bits per heavy atom. The Morgan fingerprint density at radius 1 is 1.43 bits per heavy atom. The molecule has 1 aromatic heterocycles. The second-order valence-electron chi connectivity index (χ2n) is 3.36. The van der Waals surface area contributed by atoms with Gasteiger partial charge in [0, 0.05) is 29.5 Å². The molecule has 0 unspecified atom stereocenters. The van der Waals surface area contributed by atoms with Crippen molar-refractivity contribution < 1.29 is 4.74 Å². The molecule has 0 aromatic carbocycles. The van der Waals surface area contributed by atoms with E-state index in [0.29, 0.717) is 0 Å². The third-order valence-corrected chi connectivity index (χ3v) is 3.99. The lowest BCUT2D eigenvalue weighted by molar-refractivity contribution is 0.122. The molecule has 0 bridgehead atoms. The van der Waals surface area contributed by atoms with Gasteiger partial charge in [0.2, 0.25) is 0 Å². The molecule has 1 aromatic rings. The number of nitrogens with zero attached hydrogens (tertiary/aromatic N) is 2. The van der Waals surface area contributed by atoms with Crippen molar-refractivity contribution in [2.24, 2.45) is 0 Å². The van der Waals surface area contributed by atoms with Gasteiger partial charge in [0.1, 0.15) is 5.82 Å². The van der Waals surface area contributed by atoms with Gasteiger partial charge < -0.3 is 9.64 Å². The molecule has 0 aliphatic carbocycles. The Kier molecular flexibility index (Phi) is 3.05. The number of morpholine rings is 1. The van der Waals surface area contributed by atoms with E-state index in [2.05, 4.69) is 9.88 Å². The van der Waals surface area contributed by atoms with Gasteiger partial charge in [-0.3, -0.25) is 0 Å². The summed E-state index contributed by atoms with van der Waals surface area (Å²) < 4.78 is 5.29. The number of aromatic nitrogens is 1. The third-order valence-electron chi connectivity index (χ3n) is 2.37. The molecule has 1 aliphatic heterocycles. The van der Waals surface area contributed by atoms with Crippen molar-refractivity contribution >= 4 is 32.8 Å². The van der Waals surface area contributed by atoms with E-state index in [1.54, 1.807) is 0 Å². The first kappa shape index (κ1) is 9.95. The molecular formula is C9H13ClN2OSi. The predicted octanol–water partition coefficient (Wildman–Crippen LogP) is -0.438. The van der Waals surface area contributed by atoms with Crippen LogP contribution in [-0.2, 0) is 4.74 Å². The molecule has 2 heterocycles. The molecule has 1 aliphatic rings. The number of ether oxygens (including phenoxy) is 1. The van der Waals surface area contributed by atoms with E-state index in [1.807, 2.05) is 12.3 Å². The van der Waals surface area contributed by atoms with Crippen LogP contribution in [0.25, 0.3) is 0 Å². The fraction of sp³-hybridized carbons (Fsp3) is 0.444. The summed E-state index contributed by atoms with van der Waals surface area (Å²) in [6.45, 7) is 3.31. The summed E-state index contributed by atoms with van der Waals surface area (Å²) in [5, 5.41) is 2.03. The molecule has 0 N–H and O–H groups in total.